The molecule has 148 valence electrons. The molecule has 2 aromatic carbocycles. The summed E-state index contributed by atoms with van der Waals surface area (Å²) in [4.78, 5) is 26.5. The molecule has 0 aromatic heterocycles. The number of benzene rings is 2. The van der Waals surface area contributed by atoms with Crippen LogP contribution in [-0.4, -0.2) is 26.8 Å². The summed E-state index contributed by atoms with van der Waals surface area (Å²) in [5.41, 5.74) is 2.31. The maximum absolute atomic E-state index is 12.6. The summed E-state index contributed by atoms with van der Waals surface area (Å²) in [5, 5.41) is 7.79. The van der Waals surface area contributed by atoms with E-state index in [1.807, 2.05) is 24.3 Å². The highest BCUT2D eigenvalue weighted by molar-refractivity contribution is 7.89. The lowest BCUT2D eigenvalue weighted by molar-refractivity contribution is -0.122. The standard InChI is InChI=1S/C20H23N3O4S/c1-2-4-14-7-9-17(10-8-14)23-13-15(11-19(23)24)20(25)22-16-5-3-6-18(12-16)28(21,26)27/h3,5-10,12,15H,2,4,11,13H2,1H3,(H,22,25)(H2,21,26,27). The quantitative estimate of drug-likeness (QED) is 0.774. The number of sulfonamides is 1. The molecule has 3 N–H and O–H groups in total. The maximum atomic E-state index is 12.6. The first-order chi connectivity index (χ1) is 13.3. The van der Waals surface area contributed by atoms with Crippen LogP contribution in [0.25, 0.3) is 0 Å². The van der Waals surface area contributed by atoms with Gasteiger partial charge >= 0.3 is 0 Å². The van der Waals surface area contributed by atoms with Gasteiger partial charge in [0, 0.05) is 24.3 Å². The van der Waals surface area contributed by atoms with Gasteiger partial charge in [-0.15, -0.1) is 0 Å². The van der Waals surface area contributed by atoms with Crippen LogP contribution in [0.3, 0.4) is 0 Å². The summed E-state index contributed by atoms with van der Waals surface area (Å²) in [5.74, 6) is -0.951. The van der Waals surface area contributed by atoms with Gasteiger partial charge in [0.05, 0.1) is 10.8 Å². The van der Waals surface area contributed by atoms with Gasteiger partial charge in [-0.3, -0.25) is 9.59 Å². The van der Waals surface area contributed by atoms with E-state index in [-0.39, 0.29) is 29.7 Å². The van der Waals surface area contributed by atoms with Gasteiger partial charge in [-0.25, -0.2) is 13.6 Å². The van der Waals surface area contributed by atoms with Crippen molar-refractivity contribution in [3.05, 3.63) is 54.1 Å². The monoisotopic (exact) mass is 401 g/mol. The number of nitrogens with two attached hydrogens (primary N) is 1. The van der Waals surface area contributed by atoms with Crippen LogP contribution in [0.5, 0.6) is 0 Å². The fourth-order valence-corrected chi connectivity index (χ4v) is 3.82. The summed E-state index contributed by atoms with van der Waals surface area (Å²) in [6, 6.07) is 13.5. The second-order valence-electron chi connectivity index (χ2n) is 6.88. The molecule has 7 nitrogen and oxygen atoms in total. The molecule has 2 amide bonds. The zero-order valence-electron chi connectivity index (χ0n) is 15.6. The average Bonchev–Trinajstić information content (AvgIpc) is 3.04. The molecule has 8 heteroatoms. The van der Waals surface area contributed by atoms with E-state index in [4.69, 9.17) is 5.14 Å². The zero-order valence-corrected chi connectivity index (χ0v) is 16.4. The average molecular weight is 401 g/mol. The Kier molecular flexibility index (Phi) is 5.81. The molecule has 0 saturated carbocycles. The molecule has 1 unspecified atom stereocenters. The van der Waals surface area contributed by atoms with Crippen molar-refractivity contribution in [2.24, 2.45) is 11.1 Å². The Hall–Kier alpha value is -2.71. The minimum Gasteiger partial charge on any atom is -0.326 e. The Morgan fingerprint density at radius 3 is 2.57 bits per heavy atom. The number of rotatable bonds is 6. The van der Waals surface area contributed by atoms with Crippen LogP contribution in [0.1, 0.15) is 25.3 Å². The first-order valence-electron chi connectivity index (χ1n) is 9.11. The number of amides is 2. The molecule has 1 aliphatic rings. The van der Waals surface area contributed by atoms with Gasteiger partial charge in [-0.1, -0.05) is 31.5 Å². The Morgan fingerprint density at radius 2 is 1.93 bits per heavy atom. The van der Waals surface area contributed by atoms with Gasteiger partial charge in [-0.05, 0) is 42.3 Å². The topological polar surface area (TPSA) is 110 Å². The number of nitrogens with zero attached hydrogens (tertiary/aromatic N) is 1. The van der Waals surface area contributed by atoms with Crippen LogP contribution in [0.2, 0.25) is 0 Å². The van der Waals surface area contributed by atoms with Crippen LogP contribution >= 0.6 is 0 Å². The lowest BCUT2D eigenvalue weighted by Gasteiger charge is -2.17. The summed E-state index contributed by atoms with van der Waals surface area (Å²) >= 11 is 0. The van der Waals surface area contributed by atoms with Gasteiger partial charge in [0.1, 0.15) is 0 Å². The molecule has 0 radical (unpaired) electrons. The van der Waals surface area contributed by atoms with E-state index in [2.05, 4.69) is 12.2 Å². The van der Waals surface area contributed by atoms with Crippen molar-refractivity contribution in [2.75, 3.05) is 16.8 Å². The fraction of sp³-hybridized carbons (Fsp3) is 0.300. The normalized spacial score (nSPS) is 17.0. The maximum Gasteiger partial charge on any atom is 0.238 e. The second kappa shape index (κ2) is 8.12. The molecular formula is C20H23N3O4S. The third kappa shape index (κ3) is 4.58. The van der Waals surface area contributed by atoms with E-state index in [1.54, 1.807) is 11.0 Å². The molecule has 3 rings (SSSR count). The summed E-state index contributed by atoms with van der Waals surface area (Å²) in [7, 11) is -3.86. The molecule has 1 saturated heterocycles. The van der Waals surface area contributed by atoms with Gasteiger partial charge in [0.15, 0.2) is 0 Å². The predicted molar refractivity (Wildman–Crippen MR) is 107 cm³/mol. The Balaban J connectivity index is 1.68. The fourth-order valence-electron chi connectivity index (χ4n) is 3.26. The van der Waals surface area contributed by atoms with E-state index < -0.39 is 15.9 Å². The summed E-state index contributed by atoms with van der Waals surface area (Å²) in [6.07, 6.45) is 2.14. The van der Waals surface area contributed by atoms with Crippen LogP contribution in [0.4, 0.5) is 11.4 Å². The molecule has 1 aliphatic heterocycles. The molecule has 0 bridgehead atoms. The van der Waals surface area contributed by atoms with Crippen molar-refractivity contribution < 1.29 is 18.0 Å². The molecule has 2 aromatic rings. The Morgan fingerprint density at radius 1 is 1.21 bits per heavy atom. The molecule has 1 atom stereocenters. The lowest BCUT2D eigenvalue weighted by atomic mass is 10.1. The predicted octanol–water partition coefficient (Wildman–Crippen LogP) is 2.28. The van der Waals surface area contributed by atoms with Crippen LogP contribution in [0.15, 0.2) is 53.4 Å². The number of primary sulfonamides is 1. The highest BCUT2D eigenvalue weighted by atomic mass is 32.2. The van der Waals surface area contributed by atoms with E-state index >= 15 is 0 Å². The number of aryl methyl sites for hydroxylation is 1. The first kappa shape index (κ1) is 20.0. The van der Waals surface area contributed by atoms with Gasteiger partial charge in [0.2, 0.25) is 21.8 Å². The highest BCUT2D eigenvalue weighted by Crippen LogP contribution is 2.27. The minimum atomic E-state index is -3.86. The molecule has 28 heavy (non-hydrogen) atoms. The molecular weight excluding hydrogens is 378 g/mol. The van der Waals surface area contributed by atoms with Crippen LogP contribution in [-0.2, 0) is 26.0 Å². The SMILES string of the molecule is CCCc1ccc(N2CC(C(=O)Nc3cccc(S(N)(=O)=O)c3)CC2=O)cc1. The largest absolute Gasteiger partial charge is 0.326 e. The minimum absolute atomic E-state index is 0.0819. The van der Waals surface area contributed by atoms with Crippen molar-refractivity contribution in [1.29, 1.82) is 0 Å². The third-order valence-electron chi connectivity index (χ3n) is 4.71. The van der Waals surface area contributed by atoms with Crippen molar-refractivity contribution in [2.45, 2.75) is 31.1 Å². The number of nitrogens with one attached hydrogen (secondary N) is 1. The summed E-state index contributed by atoms with van der Waals surface area (Å²) in [6.45, 7) is 2.40. The van der Waals surface area contributed by atoms with E-state index in [9.17, 15) is 18.0 Å². The lowest BCUT2D eigenvalue weighted by Crippen LogP contribution is -2.28. The van der Waals surface area contributed by atoms with Crippen molar-refractivity contribution in [1.82, 2.24) is 0 Å². The smallest absolute Gasteiger partial charge is 0.238 e. The van der Waals surface area contributed by atoms with Gasteiger partial charge in [-0.2, -0.15) is 0 Å². The van der Waals surface area contributed by atoms with Crippen molar-refractivity contribution in [3.63, 3.8) is 0 Å². The number of carbonyl (C=O) groups excluding carboxylic acids is 2. The Bertz CT molecular complexity index is 987. The Labute approximate surface area is 164 Å². The van der Waals surface area contributed by atoms with Gasteiger partial charge in [0.25, 0.3) is 0 Å². The number of hydrogen-bond donors (Lipinski definition) is 2. The second-order valence-corrected chi connectivity index (χ2v) is 8.45. The van der Waals surface area contributed by atoms with E-state index in [0.29, 0.717) is 5.69 Å². The molecule has 0 aliphatic carbocycles. The van der Waals surface area contributed by atoms with Crippen LogP contribution < -0.4 is 15.4 Å². The number of hydrogen-bond acceptors (Lipinski definition) is 4. The van der Waals surface area contributed by atoms with Crippen molar-refractivity contribution in [3.8, 4) is 0 Å². The van der Waals surface area contributed by atoms with Crippen LogP contribution in [0, 0.1) is 5.92 Å². The third-order valence-corrected chi connectivity index (χ3v) is 5.62. The molecule has 1 heterocycles. The van der Waals surface area contributed by atoms with E-state index in [0.717, 1.165) is 18.5 Å². The first-order valence-corrected chi connectivity index (χ1v) is 10.7. The number of carbonyl (C=O) groups is 2. The molecule has 0 spiro atoms. The number of anilines is 2. The van der Waals surface area contributed by atoms with Crippen molar-refractivity contribution >= 4 is 33.2 Å². The molecule has 1 fully saturated rings. The highest BCUT2D eigenvalue weighted by Gasteiger charge is 2.35. The summed E-state index contributed by atoms with van der Waals surface area (Å²) < 4.78 is 22.9. The zero-order chi connectivity index (χ0) is 20.3. The van der Waals surface area contributed by atoms with E-state index in [1.165, 1.54) is 23.8 Å². The van der Waals surface area contributed by atoms with Gasteiger partial charge < -0.3 is 10.2 Å².